The van der Waals surface area contributed by atoms with E-state index in [2.05, 4.69) is 56.6 Å². The van der Waals surface area contributed by atoms with Gasteiger partial charge in [0, 0.05) is 48.7 Å². The Morgan fingerprint density at radius 3 is 2.16 bits per heavy atom. The summed E-state index contributed by atoms with van der Waals surface area (Å²) in [7, 11) is 0. The molecule has 0 fully saturated rings. The molecule has 1 atom stereocenters. The molecular weight excluding hydrogens is 464 g/mol. The molecule has 1 unspecified atom stereocenters. The van der Waals surface area contributed by atoms with Crippen LogP contribution in [-0.4, -0.2) is 41.0 Å². The monoisotopic (exact) mass is 493 g/mol. The van der Waals surface area contributed by atoms with Crippen LogP contribution in [0.25, 0.3) is 27.8 Å². The van der Waals surface area contributed by atoms with E-state index in [1.165, 1.54) is 0 Å². The molecule has 0 bridgehead atoms. The van der Waals surface area contributed by atoms with Gasteiger partial charge in [-0.2, -0.15) is 10.2 Å². The highest BCUT2D eigenvalue weighted by molar-refractivity contribution is 5.85. The van der Waals surface area contributed by atoms with Crippen molar-refractivity contribution in [1.82, 2.24) is 4.98 Å². The van der Waals surface area contributed by atoms with Crippen LogP contribution < -0.4 is 15.2 Å². The van der Waals surface area contributed by atoms with Crippen molar-refractivity contribution >= 4 is 44.8 Å². The van der Waals surface area contributed by atoms with E-state index < -0.39 is 6.10 Å². The summed E-state index contributed by atoms with van der Waals surface area (Å²) in [6, 6.07) is 29.8. The van der Waals surface area contributed by atoms with Crippen molar-refractivity contribution in [3.05, 3.63) is 91.0 Å². The van der Waals surface area contributed by atoms with E-state index in [9.17, 15) is 5.11 Å². The maximum absolute atomic E-state index is 9.49. The maximum Gasteiger partial charge on any atom is 0.239 e. The van der Waals surface area contributed by atoms with Crippen LogP contribution in [0.15, 0.2) is 101 Å². The zero-order valence-corrected chi connectivity index (χ0v) is 20.5. The van der Waals surface area contributed by atoms with E-state index in [1.54, 1.807) is 0 Å². The number of hydrogen-bond acceptors (Lipinski definition) is 7. The van der Waals surface area contributed by atoms with Crippen molar-refractivity contribution in [2.75, 3.05) is 30.3 Å². The second-order valence-corrected chi connectivity index (χ2v) is 8.65. The molecule has 5 rings (SSSR count). The Morgan fingerprint density at radius 2 is 1.43 bits per heavy atom. The van der Waals surface area contributed by atoms with Crippen LogP contribution in [0.5, 0.6) is 0 Å². The predicted octanol–water partition coefficient (Wildman–Crippen LogP) is 5.28. The van der Waals surface area contributed by atoms with Gasteiger partial charge in [-0.15, -0.1) is 4.57 Å². The van der Waals surface area contributed by atoms with Crippen LogP contribution in [0, 0.1) is 0 Å². The zero-order valence-electron chi connectivity index (χ0n) is 20.5. The topological polar surface area (TPSA) is 106 Å². The van der Waals surface area contributed by atoms with Gasteiger partial charge in [-0.05, 0) is 55.5 Å². The lowest BCUT2D eigenvalue weighted by Gasteiger charge is -2.09. The molecule has 0 spiro atoms. The van der Waals surface area contributed by atoms with Gasteiger partial charge in [0.1, 0.15) is 11.0 Å². The summed E-state index contributed by atoms with van der Waals surface area (Å²) in [6.07, 6.45) is -0.799. The second-order valence-electron chi connectivity index (χ2n) is 8.65. The number of para-hydroxylation sites is 1. The van der Waals surface area contributed by atoms with Crippen LogP contribution in [0.4, 0.5) is 22.7 Å². The van der Waals surface area contributed by atoms with E-state index >= 15 is 0 Å². The third-order valence-electron chi connectivity index (χ3n) is 5.95. The molecule has 8 heteroatoms. The number of hydrogen-bond donors (Lipinski definition) is 4. The normalized spacial score (nSPS) is 12.3. The molecule has 1 aromatic heterocycles. The average Bonchev–Trinajstić information content (AvgIpc) is 2.94. The minimum absolute atomic E-state index is 0.272. The number of nitrogens with one attached hydrogen (secondary N) is 2. The van der Waals surface area contributed by atoms with E-state index in [4.69, 9.17) is 10.1 Å². The molecule has 0 saturated heterocycles. The fraction of sp³-hybridized carbons (Fsp3) is 0.172. The quantitative estimate of drug-likeness (QED) is 0.127. The molecule has 0 aliphatic carbocycles. The van der Waals surface area contributed by atoms with Crippen LogP contribution in [0.1, 0.15) is 6.92 Å². The number of fused-ring (bicyclic) bond motifs is 2. The Bertz CT molecular complexity index is 1540. The second kappa shape index (κ2) is 11.1. The first-order chi connectivity index (χ1) is 18.1. The number of benzene rings is 4. The highest BCUT2D eigenvalue weighted by atomic mass is 16.3. The summed E-state index contributed by atoms with van der Waals surface area (Å²) in [5, 5.41) is 33.8. The smallest absolute Gasteiger partial charge is 0.239 e. The number of aromatic nitrogens is 2. The number of aliphatic hydroxyl groups excluding tert-OH is 2. The zero-order chi connectivity index (χ0) is 25.6. The highest BCUT2D eigenvalue weighted by Crippen LogP contribution is 2.26. The van der Waals surface area contributed by atoms with Gasteiger partial charge >= 0.3 is 0 Å². The summed E-state index contributed by atoms with van der Waals surface area (Å²) in [5.74, 6) is 0. The molecule has 0 radical (unpaired) electrons. The standard InChI is InChI=1S/C29H28N6O2/c1-2-30-22-12-14-26-28(16-22)35(24-6-4-3-5-7-24)29-17-23(13-15-27(29)32-26)34-33-21-10-8-20(9-11-21)31-18-25(37)19-36/h3-17,25,36-37H,2,18-19H2,1H3,(H,30,31,34)/p+1. The van der Waals surface area contributed by atoms with Gasteiger partial charge in [0.05, 0.1) is 24.1 Å². The molecule has 37 heavy (non-hydrogen) atoms. The number of rotatable bonds is 9. The molecular formula is C29H29N6O2+. The maximum atomic E-state index is 9.49. The first kappa shape index (κ1) is 24.3. The molecule has 0 aliphatic rings. The third-order valence-corrected chi connectivity index (χ3v) is 5.95. The van der Waals surface area contributed by atoms with Gasteiger partial charge in [0.25, 0.3) is 0 Å². The largest absolute Gasteiger partial charge is 0.394 e. The molecule has 186 valence electrons. The lowest BCUT2D eigenvalue weighted by atomic mass is 10.2. The van der Waals surface area contributed by atoms with Gasteiger partial charge in [-0.3, -0.25) is 0 Å². The Kier molecular flexibility index (Phi) is 7.30. The molecule has 4 aromatic carbocycles. The van der Waals surface area contributed by atoms with E-state index in [0.717, 1.165) is 51.4 Å². The summed E-state index contributed by atoms with van der Waals surface area (Å²) in [4.78, 5) is 4.91. The number of nitrogens with zero attached hydrogens (tertiary/aromatic N) is 4. The van der Waals surface area contributed by atoms with Gasteiger partial charge in [0.15, 0.2) is 0 Å². The summed E-state index contributed by atoms with van der Waals surface area (Å²) >= 11 is 0. The molecule has 5 aromatic rings. The third kappa shape index (κ3) is 5.55. The van der Waals surface area contributed by atoms with Gasteiger partial charge in [0.2, 0.25) is 16.7 Å². The fourth-order valence-electron chi connectivity index (χ4n) is 4.14. The van der Waals surface area contributed by atoms with Gasteiger partial charge in [-0.25, -0.2) is 4.98 Å². The molecule has 4 N–H and O–H groups in total. The van der Waals surface area contributed by atoms with Crippen molar-refractivity contribution in [1.29, 1.82) is 0 Å². The van der Waals surface area contributed by atoms with Gasteiger partial charge in [-0.1, -0.05) is 18.2 Å². The van der Waals surface area contributed by atoms with Crippen molar-refractivity contribution in [2.45, 2.75) is 13.0 Å². The molecule has 0 amide bonds. The van der Waals surface area contributed by atoms with Crippen LogP contribution in [0.2, 0.25) is 0 Å². The first-order valence-corrected chi connectivity index (χ1v) is 12.3. The summed E-state index contributed by atoms with van der Waals surface area (Å²) < 4.78 is 2.21. The van der Waals surface area contributed by atoms with Gasteiger partial charge < -0.3 is 20.8 Å². The molecule has 0 saturated carbocycles. The average molecular weight is 494 g/mol. The SMILES string of the molecule is CCNc1ccc2nc3ccc(/N=N\c4ccc(NCC(O)CO)cc4)cc3[n+](-c3ccccc3)c2c1. The number of azo groups is 1. The van der Waals surface area contributed by atoms with Crippen LogP contribution >= 0.6 is 0 Å². The fourth-order valence-corrected chi connectivity index (χ4v) is 4.14. The minimum atomic E-state index is -0.799. The van der Waals surface area contributed by atoms with Crippen molar-refractivity contribution in [3.63, 3.8) is 0 Å². The Labute approximate surface area is 215 Å². The van der Waals surface area contributed by atoms with E-state index in [0.29, 0.717) is 5.69 Å². The van der Waals surface area contributed by atoms with E-state index in [-0.39, 0.29) is 13.2 Å². The van der Waals surface area contributed by atoms with Crippen molar-refractivity contribution in [3.8, 4) is 5.69 Å². The molecule has 8 nitrogen and oxygen atoms in total. The highest BCUT2D eigenvalue weighted by Gasteiger charge is 2.20. The first-order valence-electron chi connectivity index (χ1n) is 12.3. The Morgan fingerprint density at radius 1 is 0.784 bits per heavy atom. The summed E-state index contributed by atoms with van der Waals surface area (Å²) in [6.45, 7) is 2.91. The Balaban J connectivity index is 1.52. The van der Waals surface area contributed by atoms with E-state index in [1.807, 2.05) is 66.7 Å². The molecule has 0 aliphatic heterocycles. The number of anilines is 2. The van der Waals surface area contributed by atoms with Crippen LogP contribution in [-0.2, 0) is 0 Å². The lowest BCUT2D eigenvalue weighted by molar-refractivity contribution is -0.538. The van der Waals surface area contributed by atoms with Crippen LogP contribution in [0.3, 0.4) is 0 Å². The predicted molar refractivity (Wildman–Crippen MR) is 147 cm³/mol. The molecule has 1 heterocycles. The van der Waals surface area contributed by atoms with Crippen molar-refractivity contribution < 1.29 is 14.8 Å². The number of aliphatic hydroxyl groups is 2. The Hall–Kier alpha value is -4.40. The summed E-state index contributed by atoms with van der Waals surface area (Å²) in [5.41, 5.74) is 8.05. The minimum Gasteiger partial charge on any atom is -0.394 e. The lowest BCUT2D eigenvalue weighted by Crippen LogP contribution is -2.33. The van der Waals surface area contributed by atoms with Crippen molar-refractivity contribution in [2.24, 2.45) is 10.2 Å².